The molecule has 40 heavy (non-hydrogen) atoms. The summed E-state index contributed by atoms with van der Waals surface area (Å²) in [4.78, 5) is 1.95. The van der Waals surface area contributed by atoms with E-state index in [1.54, 1.807) is 24.3 Å². The fourth-order valence-electron chi connectivity index (χ4n) is 5.44. The Morgan fingerprint density at radius 2 is 0.800 bits per heavy atom. The fraction of sp³-hybridized carbons (Fsp3) is 0.0769. The van der Waals surface area contributed by atoms with Gasteiger partial charge in [-0.15, -0.1) is 0 Å². The summed E-state index contributed by atoms with van der Waals surface area (Å²) in [6.07, 6.45) is 0. The lowest BCUT2D eigenvalue weighted by Gasteiger charge is -2.22. The molecule has 2 heterocycles. The molecule has 0 atom stereocenters. The maximum atomic E-state index is 16.0. The summed E-state index contributed by atoms with van der Waals surface area (Å²) in [5.41, 5.74) is -3.37. The first-order valence-corrected chi connectivity index (χ1v) is 11.1. The third kappa shape index (κ3) is 2.57. The summed E-state index contributed by atoms with van der Waals surface area (Å²) < 4.78 is 95.0. The number of allylic oxidation sites excluding steroid dienone is 2. The highest BCUT2D eigenvalue weighted by atomic mass is 19.2. The molecule has 0 radical (unpaired) electrons. The lowest BCUT2D eigenvalue weighted by molar-refractivity contribution is 0.513. The van der Waals surface area contributed by atoms with E-state index in [2.05, 4.69) is 10.6 Å². The first kappa shape index (κ1) is 24.5. The van der Waals surface area contributed by atoms with Crippen molar-refractivity contribution in [2.75, 3.05) is 34.5 Å². The number of benzene rings is 4. The predicted molar refractivity (Wildman–Crippen MR) is 130 cm³/mol. The number of nitriles is 4. The molecule has 0 bridgehead atoms. The van der Waals surface area contributed by atoms with Gasteiger partial charge in [0, 0.05) is 35.6 Å². The average molecular weight is 546 g/mol. The molecule has 0 spiro atoms. The van der Waals surface area contributed by atoms with E-state index >= 15 is 26.3 Å². The number of nitrogens with one attached hydrogen (secondary N) is 2. The van der Waals surface area contributed by atoms with Gasteiger partial charge < -0.3 is 20.4 Å². The van der Waals surface area contributed by atoms with Crippen LogP contribution in [0, 0.1) is 80.2 Å². The molecule has 0 saturated heterocycles. The Kier molecular flexibility index (Phi) is 4.79. The smallest absolute Gasteiger partial charge is 0.170 e. The number of nitrogens with zero attached hydrogens (tertiary/aromatic N) is 6. The Morgan fingerprint density at radius 3 is 1.10 bits per heavy atom. The third-order valence-electron chi connectivity index (χ3n) is 7.09. The van der Waals surface area contributed by atoms with Gasteiger partial charge in [0.15, 0.2) is 46.0 Å². The highest BCUT2D eigenvalue weighted by molar-refractivity contribution is 6.31. The van der Waals surface area contributed by atoms with E-state index in [9.17, 15) is 21.0 Å². The van der Waals surface area contributed by atoms with Crippen molar-refractivity contribution in [2.24, 2.45) is 0 Å². The Balaban J connectivity index is 1.92. The Labute approximate surface area is 219 Å². The van der Waals surface area contributed by atoms with E-state index in [0.29, 0.717) is 0 Å². The molecule has 194 valence electrons. The van der Waals surface area contributed by atoms with Gasteiger partial charge in [0.2, 0.25) is 0 Å². The summed E-state index contributed by atoms with van der Waals surface area (Å²) in [6.45, 7) is 0. The molecule has 2 N–H and O–H groups in total. The summed E-state index contributed by atoms with van der Waals surface area (Å²) >= 11 is 0. The van der Waals surface area contributed by atoms with Crippen LogP contribution in [0.3, 0.4) is 0 Å². The standard InChI is InChI=1S/C26H8F6N8/c1-39-23-13-9-10-12(16(28)15(27)11(9)19(31)21(23)37-25(39)7(3-33)4-34)20(32)22-24(14(10)18(30)17(13)29)40(2)26(38-22)8(5-35)6-36/h37-38H,1-2H3. The predicted octanol–water partition coefficient (Wildman–Crippen LogP) is 5.66. The van der Waals surface area contributed by atoms with Crippen molar-refractivity contribution >= 4 is 55.1 Å². The van der Waals surface area contributed by atoms with Gasteiger partial charge in [-0.05, 0) is 0 Å². The molecule has 8 nitrogen and oxygen atoms in total. The van der Waals surface area contributed by atoms with Crippen molar-refractivity contribution in [1.29, 1.82) is 21.0 Å². The van der Waals surface area contributed by atoms with Crippen LogP contribution in [-0.4, -0.2) is 14.1 Å². The highest BCUT2D eigenvalue weighted by Gasteiger charge is 2.40. The van der Waals surface area contributed by atoms with Gasteiger partial charge in [0.05, 0.1) is 22.1 Å². The molecule has 4 aromatic rings. The van der Waals surface area contributed by atoms with E-state index in [0.717, 1.165) is 9.80 Å². The Bertz CT molecular complexity index is 1970. The second kappa shape index (κ2) is 7.83. The molecule has 14 heteroatoms. The van der Waals surface area contributed by atoms with Crippen LogP contribution in [-0.2, 0) is 0 Å². The number of fused-ring (bicyclic) bond motifs is 4. The van der Waals surface area contributed by atoms with Gasteiger partial charge in [-0.2, -0.15) is 21.0 Å². The first-order valence-electron chi connectivity index (χ1n) is 11.1. The van der Waals surface area contributed by atoms with E-state index < -0.39 is 101 Å². The minimum atomic E-state index is -1.90. The largest absolute Gasteiger partial charge is 0.336 e. The number of rotatable bonds is 0. The van der Waals surface area contributed by atoms with Gasteiger partial charge in [0.25, 0.3) is 0 Å². The van der Waals surface area contributed by atoms with Crippen LogP contribution >= 0.6 is 0 Å². The van der Waals surface area contributed by atoms with Crippen LogP contribution in [0.25, 0.3) is 32.3 Å². The second-order valence-electron chi connectivity index (χ2n) is 8.84. The second-order valence-corrected chi connectivity index (χ2v) is 8.84. The highest BCUT2D eigenvalue weighted by Crippen LogP contribution is 2.56. The van der Waals surface area contributed by atoms with Crippen molar-refractivity contribution < 1.29 is 26.3 Å². The molecule has 6 rings (SSSR count). The van der Waals surface area contributed by atoms with Gasteiger partial charge in [0.1, 0.15) is 47.3 Å². The molecule has 2 aliphatic heterocycles. The van der Waals surface area contributed by atoms with Gasteiger partial charge >= 0.3 is 0 Å². The molecule has 0 aromatic heterocycles. The van der Waals surface area contributed by atoms with Crippen molar-refractivity contribution in [3.05, 3.63) is 57.7 Å². The SMILES string of the molecule is CN1C(=C(C#N)C#N)Nc2c(F)c3c(F)c(F)c4c(F)c5c(c6c(F)c(F)c(c21)c3c46)N(C)C(=C(C#N)C#N)N5. The number of halogens is 6. The molecule has 2 aliphatic rings. The van der Waals surface area contributed by atoms with Crippen LogP contribution in [0.15, 0.2) is 22.8 Å². The van der Waals surface area contributed by atoms with Crippen molar-refractivity contribution in [2.45, 2.75) is 0 Å². The maximum absolute atomic E-state index is 16.0. The zero-order valence-electron chi connectivity index (χ0n) is 20.0. The zero-order valence-corrected chi connectivity index (χ0v) is 20.0. The molecular formula is C26H8F6N8. The van der Waals surface area contributed by atoms with Crippen LogP contribution in [0.1, 0.15) is 0 Å². The van der Waals surface area contributed by atoms with Crippen LogP contribution in [0.2, 0.25) is 0 Å². The first-order chi connectivity index (χ1) is 19.0. The van der Waals surface area contributed by atoms with Crippen LogP contribution in [0.5, 0.6) is 0 Å². The minimum Gasteiger partial charge on any atom is -0.336 e. The molecule has 0 unspecified atom stereocenters. The summed E-state index contributed by atoms with van der Waals surface area (Å²) in [7, 11) is 2.40. The number of hydrogen-bond acceptors (Lipinski definition) is 8. The molecular weight excluding hydrogens is 538 g/mol. The summed E-state index contributed by atoms with van der Waals surface area (Å²) in [5, 5.41) is 36.8. The van der Waals surface area contributed by atoms with Crippen molar-refractivity contribution in [3.63, 3.8) is 0 Å². The zero-order chi connectivity index (χ0) is 28.9. The van der Waals surface area contributed by atoms with E-state index in [-0.39, 0.29) is 11.6 Å². The number of hydrogen-bond donors (Lipinski definition) is 2. The van der Waals surface area contributed by atoms with Gasteiger partial charge in [-0.1, -0.05) is 0 Å². The molecule has 0 aliphatic carbocycles. The number of anilines is 4. The molecule has 0 saturated carbocycles. The van der Waals surface area contributed by atoms with Crippen LogP contribution < -0.4 is 20.4 Å². The summed E-state index contributed by atoms with van der Waals surface area (Å²) in [6, 6.07) is 6.27. The van der Waals surface area contributed by atoms with Gasteiger partial charge in [-0.3, -0.25) is 0 Å². The summed E-state index contributed by atoms with van der Waals surface area (Å²) in [5.74, 6) is -10.7. The maximum Gasteiger partial charge on any atom is 0.170 e. The van der Waals surface area contributed by atoms with Crippen LogP contribution in [0.4, 0.5) is 49.1 Å². The van der Waals surface area contributed by atoms with Gasteiger partial charge in [-0.25, -0.2) is 26.3 Å². The lowest BCUT2D eigenvalue weighted by atomic mass is 9.89. The molecule has 0 fully saturated rings. The van der Waals surface area contributed by atoms with E-state index in [1.807, 2.05) is 0 Å². The lowest BCUT2D eigenvalue weighted by Crippen LogP contribution is -2.17. The van der Waals surface area contributed by atoms with Crippen molar-refractivity contribution in [3.8, 4) is 24.3 Å². The average Bonchev–Trinajstić information content (AvgIpc) is 3.46. The van der Waals surface area contributed by atoms with E-state index in [1.165, 1.54) is 14.1 Å². The fourth-order valence-corrected chi connectivity index (χ4v) is 5.44. The molecule has 0 amide bonds. The van der Waals surface area contributed by atoms with Crippen molar-refractivity contribution in [1.82, 2.24) is 0 Å². The quantitative estimate of drug-likeness (QED) is 0.164. The monoisotopic (exact) mass is 546 g/mol. The Hall–Kier alpha value is -5.86. The normalized spacial score (nSPS) is 13.6. The Morgan fingerprint density at radius 1 is 0.500 bits per heavy atom. The minimum absolute atomic E-state index is 0.332. The molecule has 4 aromatic carbocycles. The van der Waals surface area contributed by atoms with E-state index in [4.69, 9.17) is 0 Å². The topological polar surface area (TPSA) is 126 Å². The third-order valence-corrected chi connectivity index (χ3v) is 7.09.